The number of nitrogens with zero attached hydrogens (tertiary/aromatic N) is 1. The van der Waals surface area contributed by atoms with Crippen molar-refractivity contribution in [1.29, 1.82) is 0 Å². The van der Waals surface area contributed by atoms with Crippen molar-refractivity contribution in [3.63, 3.8) is 0 Å². The molecule has 1 saturated carbocycles. The standard InChI is InChI=1S/C31H42N2O5/c1-19(2)13-27(31(37)38-24-7-5-6-8-24)32-12-11-21-9-10-22-17-33(18-23(22)14-21)30(36)26-15-25(20(3)4)28(34)16-29(26)35/h9-10,14-16,19-20,24,27,32,34-35H,5-8,11-13,17-18H2,1-4H3/t27-/m1/s1. The van der Waals surface area contributed by atoms with Gasteiger partial charge in [0.15, 0.2) is 0 Å². The number of carbonyl (C=O) groups is 2. The monoisotopic (exact) mass is 522 g/mol. The van der Waals surface area contributed by atoms with E-state index in [4.69, 9.17) is 4.74 Å². The Bertz CT molecular complexity index is 1150. The summed E-state index contributed by atoms with van der Waals surface area (Å²) in [6.07, 6.45) is 5.80. The molecule has 206 valence electrons. The molecule has 0 radical (unpaired) electrons. The van der Waals surface area contributed by atoms with Gasteiger partial charge in [-0.05, 0) is 85.2 Å². The average Bonchev–Trinajstić information content (AvgIpc) is 3.52. The lowest BCUT2D eigenvalue weighted by Gasteiger charge is -2.21. The van der Waals surface area contributed by atoms with Gasteiger partial charge in [-0.15, -0.1) is 0 Å². The first-order valence-corrected chi connectivity index (χ1v) is 14.0. The summed E-state index contributed by atoms with van der Waals surface area (Å²) in [5.74, 6) is -0.176. The van der Waals surface area contributed by atoms with Crippen molar-refractivity contribution in [3.8, 4) is 11.5 Å². The van der Waals surface area contributed by atoms with E-state index in [1.54, 1.807) is 11.0 Å². The number of aromatic hydroxyl groups is 2. The van der Waals surface area contributed by atoms with Crippen molar-refractivity contribution in [2.24, 2.45) is 5.92 Å². The number of fused-ring (bicyclic) bond motifs is 1. The molecule has 7 heteroatoms. The van der Waals surface area contributed by atoms with Crippen LogP contribution in [0.4, 0.5) is 0 Å². The first kappa shape index (κ1) is 28.0. The van der Waals surface area contributed by atoms with Gasteiger partial charge in [-0.1, -0.05) is 45.9 Å². The molecule has 0 spiro atoms. The van der Waals surface area contributed by atoms with E-state index in [2.05, 4.69) is 37.4 Å². The second kappa shape index (κ2) is 12.2. The van der Waals surface area contributed by atoms with E-state index < -0.39 is 0 Å². The van der Waals surface area contributed by atoms with E-state index in [0.29, 0.717) is 31.1 Å². The Morgan fingerprint density at radius 3 is 2.39 bits per heavy atom. The third-order valence-electron chi connectivity index (χ3n) is 7.66. The van der Waals surface area contributed by atoms with Crippen LogP contribution in [0.2, 0.25) is 0 Å². The quantitative estimate of drug-likeness (QED) is 0.361. The normalized spacial score (nSPS) is 16.3. The zero-order valence-electron chi connectivity index (χ0n) is 23.1. The summed E-state index contributed by atoms with van der Waals surface area (Å²) in [6.45, 7) is 9.72. The Morgan fingerprint density at radius 2 is 1.71 bits per heavy atom. The maximum Gasteiger partial charge on any atom is 0.323 e. The molecule has 2 aromatic rings. The topological polar surface area (TPSA) is 99.1 Å². The van der Waals surface area contributed by atoms with Gasteiger partial charge in [0, 0.05) is 19.2 Å². The number of phenolic OH excluding ortho intramolecular Hbond substituents is 2. The number of carbonyl (C=O) groups excluding carboxylic acids is 2. The van der Waals surface area contributed by atoms with Crippen LogP contribution in [-0.2, 0) is 29.0 Å². The fourth-order valence-electron chi connectivity index (χ4n) is 5.52. The fraction of sp³-hybridized carbons (Fsp3) is 0.548. The number of hydrogen-bond acceptors (Lipinski definition) is 6. The molecule has 1 amide bonds. The lowest BCUT2D eigenvalue weighted by atomic mass is 9.98. The molecule has 1 atom stereocenters. The molecule has 1 aliphatic carbocycles. The van der Waals surface area contributed by atoms with Gasteiger partial charge >= 0.3 is 5.97 Å². The predicted octanol–water partition coefficient (Wildman–Crippen LogP) is 5.41. The highest BCUT2D eigenvalue weighted by molar-refractivity contribution is 5.97. The number of amides is 1. The van der Waals surface area contributed by atoms with E-state index in [0.717, 1.165) is 55.2 Å². The minimum Gasteiger partial charge on any atom is -0.508 e. The number of benzene rings is 2. The van der Waals surface area contributed by atoms with Gasteiger partial charge in [-0.2, -0.15) is 0 Å². The Balaban J connectivity index is 1.36. The molecule has 0 bridgehead atoms. The number of esters is 1. The summed E-state index contributed by atoms with van der Waals surface area (Å²) >= 11 is 0. The first-order chi connectivity index (χ1) is 18.1. The van der Waals surface area contributed by atoms with Crippen molar-refractivity contribution in [2.75, 3.05) is 6.54 Å². The van der Waals surface area contributed by atoms with E-state index >= 15 is 0 Å². The van der Waals surface area contributed by atoms with E-state index in [1.807, 2.05) is 13.8 Å². The molecule has 1 aliphatic heterocycles. The highest BCUT2D eigenvalue weighted by Crippen LogP contribution is 2.34. The second-order valence-corrected chi connectivity index (χ2v) is 11.6. The smallest absolute Gasteiger partial charge is 0.323 e. The molecule has 2 aliphatic rings. The predicted molar refractivity (Wildman–Crippen MR) is 147 cm³/mol. The van der Waals surface area contributed by atoms with Crippen LogP contribution < -0.4 is 5.32 Å². The van der Waals surface area contributed by atoms with Gasteiger partial charge < -0.3 is 25.2 Å². The molecule has 2 aromatic carbocycles. The van der Waals surface area contributed by atoms with Crippen molar-refractivity contribution in [1.82, 2.24) is 10.2 Å². The summed E-state index contributed by atoms with van der Waals surface area (Å²) in [5, 5.41) is 23.9. The number of ether oxygens (including phenoxy) is 1. The lowest BCUT2D eigenvalue weighted by Crippen LogP contribution is -2.41. The van der Waals surface area contributed by atoms with Crippen LogP contribution in [0.3, 0.4) is 0 Å². The summed E-state index contributed by atoms with van der Waals surface area (Å²) in [6, 6.07) is 8.84. The van der Waals surface area contributed by atoms with Crippen molar-refractivity contribution >= 4 is 11.9 Å². The minimum absolute atomic E-state index is 0.000517. The van der Waals surface area contributed by atoms with Gasteiger partial charge in [-0.3, -0.25) is 9.59 Å². The van der Waals surface area contributed by atoms with E-state index in [9.17, 15) is 19.8 Å². The maximum absolute atomic E-state index is 13.3. The van der Waals surface area contributed by atoms with Crippen LogP contribution in [-0.4, -0.2) is 45.7 Å². The molecule has 7 nitrogen and oxygen atoms in total. The fourth-order valence-corrected chi connectivity index (χ4v) is 5.52. The third-order valence-corrected chi connectivity index (χ3v) is 7.66. The molecule has 38 heavy (non-hydrogen) atoms. The molecule has 1 heterocycles. The molecule has 0 saturated heterocycles. The van der Waals surface area contributed by atoms with Crippen LogP contribution in [0.25, 0.3) is 0 Å². The van der Waals surface area contributed by atoms with Gasteiger partial charge in [-0.25, -0.2) is 0 Å². The molecular formula is C31H42N2O5. The van der Waals surface area contributed by atoms with Crippen molar-refractivity contribution < 1.29 is 24.5 Å². The minimum atomic E-state index is -0.299. The van der Waals surface area contributed by atoms with E-state index in [1.165, 1.54) is 6.07 Å². The SMILES string of the molecule is CC(C)C[C@@H](NCCc1ccc2c(c1)CN(C(=O)c1cc(C(C)C)c(O)cc1O)C2)C(=O)OC1CCCC1. The molecule has 1 fully saturated rings. The molecule has 4 rings (SSSR count). The number of phenols is 2. The number of nitrogens with one attached hydrogen (secondary N) is 1. The van der Waals surface area contributed by atoms with Gasteiger partial charge in [0.2, 0.25) is 0 Å². The second-order valence-electron chi connectivity index (χ2n) is 11.6. The third kappa shape index (κ3) is 6.68. The Hall–Kier alpha value is -3.06. The molecule has 0 unspecified atom stereocenters. The molecule has 0 aromatic heterocycles. The summed E-state index contributed by atoms with van der Waals surface area (Å²) in [4.78, 5) is 27.8. The Morgan fingerprint density at radius 1 is 1.00 bits per heavy atom. The zero-order chi connectivity index (χ0) is 27.4. The molecular weight excluding hydrogens is 480 g/mol. The molecule has 3 N–H and O–H groups in total. The highest BCUT2D eigenvalue weighted by atomic mass is 16.5. The van der Waals surface area contributed by atoms with Crippen molar-refractivity contribution in [2.45, 2.75) is 97.4 Å². The number of rotatable bonds is 10. The Kier molecular flexibility index (Phi) is 8.98. The largest absolute Gasteiger partial charge is 0.508 e. The van der Waals surface area contributed by atoms with Crippen LogP contribution in [0.5, 0.6) is 11.5 Å². The van der Waals surface area contributed by atoms with Crippen LogP contribution >= 0.6 is 0 Å². The number of hydrogen-bond donors (Lipinski definition) is 3. The van der Waals surface area contributed by atoms with Crippen LogP contribution in [0.1, 0.15) is 98.3 Å². The van der Waals surface area contributed by atoms with Gasteiger partial charge in [0.1, 0.15) is 23.6 Å². The Labute approximate surface area is 226 Å². The van der Waals surface area contributed by atoms with Crippen LogP contribution in [0, 0.1) is 5.92 Å². The summed E-state index contributed by atoms with van der Waals surface area (Å²) in [5.41, 5.74) is 4.19. The van der Waals surface area contributed by atoms with Gasteiger partial charge in [0.25, 0.3) is 5.91 Å². The van der Waals surface area contributed by atoms with Crippen molar-refractivity contribution in [3.05, 3.63) is 58.1 Å². The zero-order valence-corrected chi connectivity index (χ0v) is 23.1. The van der Waals surface area contributed by atoms with E-state index in [-0.39, 0.29) is 47.0 Å². The highest BCUT2D eigenvalue weighted by Gasteiger charge is 2.28. The van der Waals surface area contributed by atoms with Crippen LogP contribution in [0.15, 0.2) is 30.3 Å². The van der Waals surface area contributed by atoms with Gasteiger partial charge in [0.05, 0.1) is 5.56 Å². The lowest BCUT2D eigenvalue weighted by molar-refractivity contribution is -0.151. The first-order valence-electron chi connectivity index (χ1n) is 14.0. The average molecular weight is 523 g/mol. The summed E-state index contributed by atoms with van der Waals surface area (Å²) < 4.78 is 5.77. The summed E-state index contributed by atoms with van der Waals surface area (Å²) in [7, 11) is 0. The maximum atomic E-state index is 13.3.